The fraction of sp³-hybridized carbons (Fsp3) is 0.429. The van der Waals surface area contributed by atoms with Gasteiger partial charge in [-0.15, -0.1) is 0 Å². The molecule has 0 radical (unpaired) electrons. The molecule has 0 aliphatic heterocycles. The first-order valence-electron chi connectivity index (χ1n) is 6.53. The molecule has 0 aliphatic rings. The first-order valence-corrected chi connectivity index (χ1v) is 6.53. The van der Waals surface area contributed by atoms with Crippen molar-refractivity contribution in [1.82, 2.24) is 20.1 Å². The van der Waals surface area contributed by atoms with E-state index in [1.165, 1.54) is 0 Å². The van der Waals surface area contributed by atoms with Crippen molar-refractivity contribution < 1.29 is 4.74 Å². The molecule has 0 saturated heterocycles. The number of hydrogen-bond acceptors (Lipinski definition) is 4. The second-order valence-electron chi connectivity index (χ2n) is 4.62. The molecule has 0 fully saturated rings. The van der Waals surface area contributed by atoms with Gasteiger partial charge in [-0.2, -0.15) is 5.10 Å². The lowest BCUT2D eigenvalue weighted by Crippen LogP contribution is -2.22. The van der Waals surface area contributed by atoms with E-state index in [-0.39, 0.29) is 0 Å². The van der Waals surface area contributed by atoms with E-state index in [4.69, 9.17) is 4.74 Å². The minimum Gasteiger partial charge on any atom is -0.492 e. The number of rotatable bonds is 7. The second-order valence-corrected chi connectivity index (χ2v) is 4.62. The van der Waals surface area contributed by atoms with Gasteiger partial charge < -0.3 is 10.1 Å². The number of nitrogens with zero attached hydrogens (tertiary/aromatic N) is 3. The number of para-hydroxylation sites is 1. The second kappa shape index (κ2) is 6.89. The van der Waals surface area contributed by atoms with Crippen molar-refractivity contribution in [1.29, 1.82) is 0 Å². The number of nitrogens with one attached hydrogen (secondary N) is 1. The van der Waals surface area contributed by atoms with Gasteiger partial charge in [-0.3, -0.25) is 0 Å². The molecule has 1 aromatic carbocycles. The molecular weight excluding hydrogens is 240 g/mol. The SMILES string of the molecule is CC(C)NCc1ncn(CCOc2ccccc2)n1. The highest BCUT2D eigenvalue weighted by atomic mass is 16.5. The molecule has 1 N–H and O–H groups in total. The van der Waals surface area contributed by atoms with Gasteiger partial charge in [0.15, 0.2) is 5.82 Å². The summed E-state index contributed by atoms with van der Waals surface area (Å²) in [6.45, 7) is 6.19. The Balaban J connectivity index is 1.74. The Bertz CT molecular complexity index is 481. The van der Waals surface area contributed by atoms with Gasteiger partial charge in [0.2, 0.25) is 0 Å². The number of aromatic nitrogens is 3. The molecule has 0 unspecified atom stereocenters. The largest absolute Gasteiger partial charge is 0.492 e. The Labute approximate surface area is 113 Å². The van der Waals surface area contributed by atoms with Crippen molar-refractivity contribution in [3.63, 3.8) is 0 Å². The van der Waals surface area contributed by atoms with Crippen LogP contribution in [0, 0.1) is 0 Å². The number of ether oxygens (including phenoxy) is 1. The third-order valence-corrected chi connectivity index (χ3v) is 2.58. The van der Waals surface area contributed by atoms with Crippen LogP contribution < -0.4 is 10.1 Å². The predicted molar refractivity (Wildman–Crippen MR) is 73.9 cm³/mol. The van der Waals surface area contributed by atoms with Gasteiger partial charge in [0.25, 0.3) is 0 Å². The van der Waals surface area contributed by atoms with Gasteiger partial charge >= 0.3 is 0 Å². The molecule has 0 atom stereocenters. The molecule has 2 aromatic rings. The van der Waals surface area contributed by atoms with Crippen LogP contribution in [0.1, 0.15) is 19.7 Å². The van der Waals surface area contributed by atoms with Crippen molar-refractivity contribution >= 4 is 0 Å². The standard InChI is InChI=1S/C14H20N4O/c1-12(2)15-10-14-16-11-18(17-14)8-9-19-13-6-4-3-5-7-13/h3-7,11-12,15H,8-10H2,1-2H3. The summed E-state index contributed by atoms with van der Waals surface area (Å²) in [5.41, 5.74) is 0. The average molecular weight is 260 g/mol. The molecule has 0 spiro atoms. The van der Waals surface area contributed by atoms with E-state index in [9.17, 15) is 0 Å². The smallest absolute Gasteiger partial charge is 0.164 e. The molecule has 0 aliphatic carbocycles. The molecule has 2 rings (SSSR count). The molecular formula is C14H20N4O. The Morgan fingerprint density at radius 3 is 2.79 bits per heavy atom. The zero-order valence-electron chi connectivity index (χ0n) is 11.4. The van der Waals surface area contributed by atoms with Gasteiger partial charge in [0.05, 0.1) is 13.1 Å². The van der Waals surface area contributed by atoms with Gasteiger partial charge in [-0.25, -0.2) is 9.67 Å². The first kappa shape index (κ1) is 13.5. The van der Waals surface area contributed by atoms with E-state index in [0.29, 0.717) is 25.7 Å². The van der Waals surface area contributed by atoms with Crippen molar-refractivity contribution in [3.05, 3.63) is 42.5 Å². The summed E-state index contributed by atoms with van der Waals surface area (Å²) >= 11 is 0. The van der Waals surface area contributed by atoms with Crippen LogP contribution in [0.15, 0.2) is 36.7 Å². The fourth-order valence-corrected chi connectivity index (χ4v) is 1.59. The Morgan fingerprint density at radius 1 is 1.26 bits per heavy atom. The van der Waals surface area contributed by atoms with Crippen molar-refractivity contribution in [2.75, 3.05) is 6.61 Å². The predicted octanol–water partition coefficient (Wildman–Crippen LogP) is 1.86. The molecule has 102 valence electrons. The van der Waals surface area contributed by atoms with E-state index in [1.807, 2.05) is 30.3 Å². The normalized spacial score (nSPS) is 10.9. The number of hydrogen-bond donors (Lipinski definition) is 1. The van der Waals surface area contributed by atoms with Crippen LogP contribution in [0.4, 0.5) is 0 Å². The van der Waals surface area contributed by atoms with E-state index in [2.05, 4.69) is 29.2 Å². The molecule has 1 aromatic heterocycles. The van der Waals surface area contributed by atoms with Crippen molar-refractivity contribution in [2.24, 2.45) is 0 Å². The van der Waals surface area contributed by atoms with E-state index < -0.39 is 0 Å². The van der Waals surface area contributed by atoms with Gasteiger partial charge in [-0.1, -0.05) is 32.0 Å². The summed E-state index contributed by atoms with van der Waals surface area (Å²) in [6.07, 6.45) is 1.74. The molecule has 1 heterocycles. The molecule has 0 saturated carbocycles. The summed E-state index contributed by atoms with van der Waals surface area (Å²) in [5.74, 6) is 1.69. The Kier molecular flexibility index (Phi) is 4.92. The van der Waals surface area contributed by atoms with Crippen LogP contribution in [0.5, 0.6) is 5.75 Å². The lowest BCUT2D eigenvalue weighted by Gasteiger charge is -2.05. The maximum Gasteiger partial charge on any atom is 0.164 e. The summed E-state index contributed by atoms with van der Waals surface area (Å²) in [6, 6.07) is 10.2. The summed E-state index contributed by atoms with van der Waals surface area (Å²) in [7, 11) is 0. The minimum atomic E-state index is 0.438. The minimum absolute atomic E-state index is 0.438. The molecule has 0 bridgehead atoms. The summed E-state index contributed by atoms with van der Waals surface area (Å²) in [5, 5.41) is 7.66. The zero-order valence-corrected chi connectivity index (χ0v) is 11.4. The van der Waals surface area contributed by atoms with Gasteiger partial charge in [0, 0.05) is 6.04 Å². The molecule has 5 nitrogen and oxygen atoms in total. The van der Waals surface area contributed by atoms with Gasteiger partial charge in [-0.05, 0) is 12.1 Å². The van der Waals surface area contributed by atoms with Crippen LogP contribution in [0.25, 0.3) is 0 Å². The highest BCUT2D eigenvalue weighted by Crippen LogP contribution is 2.07. The third-order valence-electron chi connectivity index (χ3n) is 2.58. The Hall–Kier alpha value is -1.88. The van der Waals surface area contributed by atoms with Crippen LogP contribution in [-0.4, -0.2) is 27.4 Å². The van der Waals surface area contributed by atoms with E-state index in [0.717, 1.165) is 11.6 Å². The topological polar surface area (TPSA) is 52.0 Å². The third kappa shape index (κ3) is 4.71. The Morgan fingerprint density at radius 2 is 2.05 bits per heavy atom. The van der Waals surface area contributed by atoms with Crippen LogP contribution in [0.3, 0.4) is 0 Å². The van der Waals surface area contributed by atoms with Crippen molar-refractivity contribution in [2.45, 2.75) is 33.0 Å². The van der Waals surface area contributed by atoms with Crippen LogP contribution >= 0.6 is 0 Å². The maximum atomic E-state index is 5.61. The van der Waals surface area contributed by atoms with Crippen molar-refractivity contribution in [3.8, 4) is 5.75 Å². The average Bonchev–Trinajstić information content (AvgIpc) is 2.86. The number of benzene rings is 1. The van der Waals surface area contributed by atoms with Gasteiger partial charge in [0.1, 0.15) is 18.7 Å². The lowest BCUT2D eigenvalue weighted by molar-refractivity contribution is 0.290. The maximum absolute atomic E-state index is 5.61. The fourth-order valence-electron chi connectivity index (χ4n) is 1.59. The highest BCUT2D eigenvalue weighted by Gasteiger charge is 2.01. The first-order chi connectivity index (χ1) is 9.24. The van der Waals surface area contributed by atoms with Crippen LogP contribution in [-0.2, 0) is 13.1 Å². The summed E-state index contributed by atoms with van der Waals surface area (Å²) < 4.78 is 7.42. The monoisotopic (exact) mass is 260 g/mol. The highest BCUT2D eigenvalue weighted by molar-refractivity contribution is 5.20. The molecule has 0 amide bonds. The quantitative estimate of drug-likeness (QED) is 0.825. The molecule has 19 heavy (non-hydrogen) atoms. The van der Waals surface area contributed by atoms with Crippen LogP contribution in [0.2, 0.25) is 0 Å². The summed E-state index contributed by atoms with van der Waals surface area (Å²) in [4.78, 5) is 4.25. The van der Waals surface area contributed by atoms with E-state index >= 15 is 0 Å². The van der Waals surface area contributed by atoms with E-state index in [1.54, 1.807) is 11.0 Å². The zero-order chi connectivity index (χ0) is 13.5. The molecule has 5 heteroatoms. The lowest BCUT2D eigenvalue weighted by atomic mass is 10.3.